The Hall–Kier alpha value is -2.31. The number of hydrogen-bond acceptors (Lipinski definition) is 4. The number of carbonyl (C=O) groups excluding carboxylic acids is 1. The number of halogens is 2. The van der Waals surface area contributed by atoms with E-state index in [9.17, 15) is 13.6 Å². The molecule has 0 unspecified atom stereocenters. The van der Waals surface area contributed by atoms with Gasteiger partial charge in [0.25, 0.3) is 0 Å². The van der Waals surface area contributed by atoms with Gasteiger partial charge in [0.15, 0.2) is 0 Å². The van der Waals surface area contributed by atoms with Crippen LogP contribution >= 0.6 is 0 Å². The lowest BCUT2D eigenvalue weighted by atomic mass is 10.1. The van der Waals surface area contributed by atoms with Crippen LogP contribution in [0.3, 0.4) is 0 Å². The third kappa shape index (κ3) is 2.95. The minimum Gasteiger partial charge on any atom is -0.423 e. The molecule has 2 aromatic rings. The van der Waals surface area contributed by atoms with E-state index in [-0.39, 0.29) is 24.3 Å². The molecular weight excluding hydrogens is 304 g/mol. The minimum absolute atomic E-state index is 0.174. The molecule has 0 spiro atoms. The molecule has 5 nitrogen and oxygen atoms in total. The fourth-order valence-corrected chi connectivity index (χ4v) is 2.76. The Bertz CT molecular complexity index is 758. The Balaban J connectivity index is 1.33. The van der Waals surface area contributed by atoms with E-state index in [0.29, 0.717) is 29.7 Å². The molecule has 0 aliphatic heterocycles. The van der Waals surface area contributed by atoms with Crippen molar-refractivity contribution < 1.29 is 18.0 Å². The molecule has 1 aromatic carbocycles. The first-order chi connectivity index (χ1) is 11.1. The van der Waals surface area contributed by atoms with Crippen molar-refractivity contribution in [3.63, 3.8) is 0 Å². The van der Waals surface area contributed by atoms with Crippen LogP contribution in [-0.2, 0) is 11.3 Å². The highest BCUT2D eigenvalue weighted by Crippen LogP contribution is 2.48. The van der Waals surface area contributed by atoms with Gasteiger partial charge in [-0.25, -0.2) is 8.78 Å². The first-order valence-corrected chi connectivity index (χ1v) is 7.67. The second kappa shape index (κ2) is 5.40. The number of amides is 1. The summed E-state index contributed by atoms with van der Waals surface area (Å²) < 4.78 is 32.1. The highest BCUT2D eigenvalue weighted by molar-refractivity contribution is 5.82. The largest absolute Gasteiger partial charge is 0.423 e. The summed E-state index contributed by atoms with van der Waals surface area (Å²) in [5.74, 6) is -0.489. The van der Waals surface area contributed by atoms with Gasteiger partial charge in [-0.05, 0) is 36.8 Å². The second-order valence-electron chi connectivity index (χ2n) is 6.14. The molecule has 2 aliphatic rings. The summed E-state index contributed by atoms with van der Waals surface area (Å²) >= 11 is 0. The van der Waals surface area contributed by atoms with Crippen molar-refractivity contribution in [2.75, 3.05) is 0 Å². The van der Waals surface area contributed by atoms with Crippen LogP contribution in [0.5, 0.6) is 0 Å². The predicted molar refractivity (Wildman–Crippen MR) is 75.3 cm³/mol. The second-order valence-corrected chi connectivity index (χ2v) is 6.14. The van der Waals surface area contributed by atoms with Gasteiger partial charge in [0.1, 0.15) is 11.6 Å². The lowest BCUT2D eigenvalue weighted by Gasteiger charge is -2.04. The topological polar surface area (TPSA) is 68.0 Å². The van der Waals surface area contributed by atoms with E-state index >= 15 is 0 Å². The van der Waals surface area contributed by atoms with Crippen LogP contribution in [-0.4, -0.2) is 16.1 Å². The van der Waals surface area contributed by atoms with Gasteiger partial charge in [-0.3, -0.25) is 4.79 Å². The van der Waals surface area contributed by atoms with Crippen molar-refractivity contribution in [1.82, 2.24) is 15.5 Å². The normalized spacial score (nSPS) is 22.9. The van der Waals surface area contributed by atoms with Crippen molar-refractivity contribution in [3.05, 3.63) is 47.2 Å². The Labute approximate surface area is 131 Å². The third-order valence-electron chi connectivity index (χ3n) is 4.31. The molecule has 120 valence electrons. The summed E-state index contributed by atoms with van der Waals surface area (Å²) in [5.41, 5.74) is 0.389. The first-order valence-electron chi connectivity index (χ1n) is 7.67. The molecule has 2 saturated carbocycles. The van der Waals surface area contributed by atoms with Crippen LogP contribution < -0.4 is 5.32 Å². The van der Waals surface area contributed by atoms with Crippen molar-refractivity contribution in [1.29, 1.82) is 0 Å². The van der Waals surface area contributed by atoms with Gasteiger partial charge in [-0.1, -0.05) is 6.07 Å². The molecular formula is C16H15F2N3O2. The first kappa shape index (κ1) is 14.3. The monoisotopic (exact) mass is 319 g/mol. The zero-order valence-corrected chi connectivity index (χ0v) is 12.3. The summed E-state index contributed by atoms with van der Waals surface area (Å²) in [7, 11) is 0. The number of carbonyl (C=O) groups is 1. The van der Waals surface area contributed by atoms with Gasteiger partial charge in [0.2, 0.25) is 17.7 Å². The number of nitrogens with zero attached hydrogens (tertiary/aromatic N) is 2. The van der Waals surface area contributed by atoms with Gasteiger partial charge >= 0.3 is 0 Å². The highest BCUT2D eigenvalue weighted by Gasteiger charge is 2.45. The number of benzene rings is 1. The average Bonchev–Trinajstić information content (AvgIpc) is 3.44. The van der Waals surface area contributed by atoms with E-state index in [1.54, 1.807) is 0 Å². The number of rotatable bonds is 5. The van der Waals surface area contributed by atoms with Crippen molar-refractivity contribution in [3.8, 4) is 0 Å². The Morgan fingerprint density at radius 3 is 2.87 bits per heavy atom. The lowest BCUT2D eigenvalue weighted by molar-refractivity contribution is -0.122. The maximum absolute atomic E-state index is 13.7. The molecule has 2 atom stereocenters. The molecule has 23 heavy (non-hydrogen) atoms. The fraction of sp³-hybridized carbons (Fsp3) is 0.438. The van der Waals surface area contributed by atoms with Crippen LogP contribution in [0.2, 0.25) is 0 Å². The van der Waals surface area contributed by atoms with Crippen molar-refractivity contribution in [2.45, 2.75) is 37.6 Å². The fourth-order valence-electron chi connectivity index (χ4n) is 2.76. The van der Waals surface area contributed by atoms with E-state index in [4.69, 9.17) is 4.42 Å². The summed E-state index contributed by atoms with van der Waals surface area (Å²) in [6, 6.07) is 3.46. The van der Waals surface area contributed by atoms with E-state index in [1.165, 1.54) is 12.1 Å². The van der Waals surface area contributed by atoms with Crippen molar-refractivity contribution >= 4 is 5.91 Å². The standard InChI is InChI=1S/C16H15F2N3O2/c17-9-3-4-10(13(18)5-9)11-6-12(11)15(22)19-7-14-20-21-16(23-14)8-1-2-8/h3-5,8,11-12H,1-2,6-7H2,(H,19,22)/t11-,12+/m0/s1. The Morgan fingerprint density at radius 2 is 2.13 bits per heavy atom. The predicted octanol–water partition coefficient (Wildman–Crippen LogP) is 2.65. The van der Waals surface area contributed by atoms with Gasteiger partial charge in [0, 0.05) is 17.9 Å². The molecule has 7 heteroatoms. The average molecular weight is 319 g/mol. The summed E-state index contributed by atoms with van der Waals surface area (Å²) in [6.07, 6.45) is 2.70. The SMILES string of the molecule is O=C(NCc1nnc(C2CC2)o1)[C@@H]1C[C@H]1c1ccc(F)cc1F. The maximum Gasteiger partial charge on any atom is 0.235 e. The van der Waals surface area contributed by atoms with Crippen molar-refractivity contribution in [2.24, 2.45) is 5.92 Å². The molecule has 0 saturated heterocycles. The molecule has 1 heterocycles. The van der Waals surface area contributed by atoms with Crippen LogP contribution in [0.1, 0.15) is 48.4 Å². The molecule has 1 N–H and O–H groups in total. The lowest BCUT2D eigenvalue weighted by Crippen LogP contribution is -2.25. The molecule has 0 radical (unpaired) electrons. The van der Waals surface area contributed by atoms with Crippen LogP contribution in [0.25, 0.3) is 0 Å². The molecule has 4 rings (SSSR count). The maximum atomic E-state index is 13.7. The Kier molecular flexibility index (Phi) is 3.36. The molecule has 0 bridgehead atoms. The molecule has 1 amide bonds. The third-order valence-corrected chi connectivity index (χ3v) is 4.31. The van der Waals surface area contributed by atoms with Gasteiger partial charge in [0.05, 0.1) is 6.54 Å². The minimum atomic E-state index is -0.615. The van der Waals surface area contributed by atoms with E-state index in [1.807, 2.05) is 0 Å². The number of hydrogen-bond donors (Lipinski definition) is 1. The number of aromatic nitrogens is 2. The van der Waals surface area contributed by atoms with Crippen LogP contribution in [0.4, 0.5) is 8.78 Å². The van der Waals surface area contributed by atoms with E-state index in [2.05, 4.69) is 15.5 Å². The summed E-state index contributed by atoms with van der Waals surface area (Å²) in [6.45, 7) is 0.174. The van der Waals surface area contributed by atoms with Crippen LogP contribution in [0.15, 0.2) is 22.6 Å². The van der Waals surface area contributed by atoms with Gasteiger partial charge < -0.3 is 9.73 Å². The van der Waals surface area contributed by atoms with Crippen LogP contribution in [0, 0.1) is 17.6 Å². The van der Waals surface area contributed by atoms with Gasteiger partial charge in [-0.15, -0.1) is 10.2 Å². The van der Waals surface area contributed by atoms with Gasteiger partial charge in [-0.2, -0.15) is 0 Å². The van der Waals surface area contributed by atoms with E-state index < -0.39 is 11.6 Å². The highest BCUT2D eigenvalue weighted by atomic mass is 19.1. The molecule has 2 fully saturated rings. The summed E-state index contributed by atoms with van der Waals surface area (Å²) in [5, 5.41) is 10.6. The quantitative estimate of drug-likeness (QED) is 0.920. The zero-order valence-electron chi connectivity index (χ0n) is 12.3. The van der Waals surface area contributed by atoms with E-state index in [0.717, 1.165) is 18.9 Å². The molecule has 1 aromatic heterocycles. The molecule has 2 aliphatic carbocycles. The smallest absolute Gasteiger partial charge is 0.235 e. The number of nitrogens with one attached hydrogen (secondary N) is 1. The summed E-state index contributed by atoms with van der Waals surface area (Å²) in [4.78, 5) is 12.1. The Morgan fingerprint density at radius 1 is 1.30 bits per heavy atom. The zero-order chi connectivity index (χ0) is 16.0.